The first-order valence-corrected chi connectivity index (χ1v) is 7.48. The number of hydrogen-bond donors (Lipinski definition) is 1. The molecule has 0 amide bonds. The SMILES string of the molecule is COC(=O)C(C)(NCc1cccs1)c1ccc(C)c(F)c1. The Labute approximate surface area is 127 Å². The Bertz CT molecular complexity index is 627. The molecular formula is C16H18FNO2S. The number of ether oxygens (including phenoxy) is 1. The van der Waals surface area contributed by atoms with E-state index < -0.39 is 11.5 Å². The third-order valence-electron chi connectivity index (χ3n) is 3.54. The van der Waals surface area contributed by atoms with Crippen molar-refractivity contribution in [3.63, 3.8) is 0 Å². The number of halogens is 1. The average Bonchev–Trinajstić information content (AvgIpc) is 3.00. The van der Waals surface area contributed by atoms with Gasteiger partial charge in [0.2, 0.25) is 0 Å². The van der Waals surface area contributed by atoms with E-state index in [1.807, 2.05) is 17.5 Å². The summed E-state index contributed by atoms with van der Waals surface area (Å²) in [7, 11) is 1.33. The van der Waals surface area contributed by atoms with Crippen LogP contribution in [0.25, 0.3) is 0 Å². The number of methoxy groups -OCH3 is 1. The Morgan fingerprint density at radius 3 is 2.76 bits per heavy atom. The largest absolute Gasteiger partial charge is 0.467 e. The second-order valence-electron chi connectivity index (χ2n) is 5.01. The summed E-state index contributed by atoms with van der Waals surface area (Å²) < 4.78 is 18.7. The molecule has 21 heavy (non-hydrogen) atoms. The lowest BCUT2D eigenvalue weighted by molar-refractivity contribution is -0.148. The van der Waals surface area contributed by atoms with Gasteiger partial charge in [0.1, 0.15) is 11.4 Å². The fraction of sp³-hybridized carbons (Fsp3) is 0.312. The van der Waals surface area contributed by atoms with E-state index in [2.05, 4.69) is 5.32 Å². The number of esters is 1. The highest BCUT2D eigenvalue weighted by Gasteiger charge is 2.36. The maximum absolute atomic E-state index is 13.8. The van der Waals surface area contributed by atoms with E-state index >= 15 is 0 Å². The van der Waals surface area contributed by atoms with Crippen LogP contribution in [0.3, 0.4) is 0 Å². The fourth-order valence-electron chi connectivity index (χ4n) is 2.08. The van der Waals surface area contributed by atoms with Crippen LogP contribution in [0.15, 0.2) is 35.7 Å². The van der Waals surface area contributed by atoms with Crippen LogP contribution < -0.4 is 5.32 Å². The van der Waals surface area contributed by atoms with Crippen LogP contribution in [0.1, 0.15) is 22.9 Å². The topological polar surface area (TPSA) is 38.3 Å². The smallest absolute Gasteiger partial charge is 0.330 e. The number of rotatable bonds is 5. The lowest BCUT2D eigenvalue weighted by Gasteiger charge is -2.28. The summed E-state index contributed by atoms with van der Waals surface area (Å²) in [6, 6.07) is 8.72. The van der Waals surface area contributed by atoms with Gasteiger partial charge in [-0.1, -0.05) is 18.2 Å². The summed E-state index contributed by atoms with van der Waals surface area (Å²) in [6.07, 6.45) is 0. The third kappa shape index (κ3) is 3.31. The maximum atomic E-state index is 13.8. The Morgan fingerprint density at radius 2 is 2.19 bits per heavy atom. The Morgan fingerprint density at radius 1 is 1.43 bits per heavy atom. The van der Waals surface area contributed by atoms with Crippen LogP contribution in [-0.2, 0) is 21.6 Å². The van der Waals surface area contributed by atoms with E-state index in [1.54, 1.807) is 37.3 Å². The van der Waals surface area contributed by atoms with Gasteiger partial charge in [-0.05, 0) is 42.5 Å². The summed E-state index contributed by atoms with van der Waals surface area (Å²) >= 11 is 1.60. The minimum absolute atomic E-state index is 0.333. The molecule has 2 rings (SSSR count). The fourth-order valence-corrected chi connectivity index (χ4v) is 2.72. The van der Waals surface area contributed by atoms with Crippen molar-refractivity contribution < 1.29 is 13.9 Å². The van der Waals surface area contributed by atoms with Crippen molar-refractivity contribution in [2.24, 2.45) is 0 Å². The first kappa shape index (κ1) is 15.7. The maximum Gasteiger partial charge on any atom is 0.330 e. The summed E-state index contributed by atoms with van der Waals surface area (Å²) in [5.41, 5.74) is 0.00558. The zero-order valence-corrected chi connectivity index (χ0v) is 13.1. The summed E-state index contributed by atoms with van der Waals surface area (Å²) in [5, 5.41) is 5.15. The van der Waals surface area contributed by atoms with Crippen LogP contribution >= 0.6 is 11.3 Å². The second kappa shape index (κ2) is 6.37. The molecule has 0 fully saturated rings. The first-order chi connectivity index (χ1) is 9.97. The van der Waals surface area contributed by atoms with E-state index in [-0.39, 0.29) is 5.82 Å². The third-order valence-corrected chi connectivity index (χ3v) is 4.42. The van der Waals surface area contributed by atoms with Gasteiger partial charge in [0.25, 0.3) is 0 Å². The molecule has 5 heteroatoms. The van der Waals surface area contributed by atoms with E-state index in [0.29, 0.717) is 17.7 Å². The van der Waals surface area contributed by atoms with Gasteiger partial charge in [0.05, 0.1) is 7.11 Å². The highest BCUT2D eigenvalue weighted by atomic mass is 32.1. The number of aryl methyl sites for hydroxylation is 1. The van der Waals surface area contributed by atoms with Gasteiger partial charge in [-0.2, -0.15) is 0 Å². The van der Waals surface area contributed by atoms with Crippen molar-refractivity contribution in [3.05, 3.63) is 57.5 Å². The molecular weight excluding hydrogens is 289 g/mol. The van der Waals surface area contributed by atoms with E-state index in [0.717, 1.165) is 4.88 Å². The quantitative estimate of drug-likeness (QED) is 0.861. The molecule has 1 N–H and O–H groups in total. The van der Waals surface area contributed by atoms with Gasteiger partial charge < -0.3 is 4.74 Å². The van der Waals surface area contributed by atoms with Gasteiger partial charge >= 0.3 is 5.97 Å². The molecule has 112 valence electrons. The molecule has 0 spiro atoms. The lowest BCUT2D eigenvalue weighted by atomic mass is 9.91. The molecule has 0 aliphatic heterocycles. The van der Waals surface area contributed by atoms with Crippen LogP contribution in [0, 0.1) is 12.7 Å². The molecule has 0 aliphatic carbocycles. The number of carbonyl (C=O) groups is 1. The van der Waals surface area contributed by atoms with Gasteiger partial charge in [0.15, 0.2) is 0 Å². The molecule has 1 heterocycles. The highest BCUT2D eigenvalue weighted by molar-refractivity contribution is 7.09. The van der Waals surface area contributed by atoms with Crippen molar-refractivity contribution in [3.8, 4) is 0 Å². The minimum atomic E-state index is -1.09. The normalized spacial score (nSPS) is 13.7. The van der Waals surface area contributed by atoms with Gasteiger partial charge in [-0.25, -0.2) is 9.18 Å². The Balaban J connectivity index is 2.31. The van der Waals surface area contributed by atoms with Crippen molar-refractivity contribution in [1.29, 1.82) is 0 Å². The van der Waals surface area contributed by atoms with Crippen molar-refractivity contribution in [2.45, 2.75) is 25.9 Å². The van der Waals surface area contributed by atoms with Crippen molar-refractivity contribution in [2.75, 3.05) is 7.11 Å². The highest BCUT2D eigenvalue weighted by Crippen LogP contribution is 2.25. The summed E-state index contributed by atoms with van der Waals surface area (Å²) in [6.45, 7) is 3.91. The molecule has 0 aliphatic rings. The molecule has 0 radical (unpaired) electrons. The van der Waals surface area contributed by atoms with Crippen molar-refractivity contribution in [1.82, 2.24) is 5.32 Å². The summed E-state index contributed by atoms with van der Waals surface area (Å²) in [5.74, 6) is -0.775. The van der Waals surface area contributed by atoms with Crippen LogP contribution in [0.4, 0.5) is 4.39 Å². The molecule has 1 atom stereocenters. The number of benzene rings is 1. The van der Waals surface area contributed by atoms with Gasteiger partial charge in [0, 0.05) is 11.4 Å². The van der Waals surface area contributed by atoms with Gasteiger partial charge in [-0.3, -0.25) is 5.32 Å². The van der Waals surface area contributed by atoms with E-state index in [1.165, 1.54) is 13.2 Å². The average molecular weight is 307 g/mol. The standard InChI is InChI=1S/C16H18FNO2S/c1-11-6-7-12(9-14(11)17)16(2,15(19)20-3)18-10-13-5-4-8-21-13/h4-9,18H,10H2,1-3H3. The monoisotopic (exact) mass is 307 g/mol. The number of thiophene rings is 1. The molecule has 3 nitrogen and oxygen atoms in total. The van der Waals surface area contributed by atoms with Gasteiger partial charge in [-0.15, -0.1) is 11.3 Å². The van der Waals surface area contributed by atoms with Crippen LogP contribution in [0.5, 0.6) is 0 Å². The predicted octanol–water partition coefficient (Wildman–Crippen LogP) is 3.37. The van der Waals surface area contributed by atoms with Crippen LogP contribution in [-0.4, -0.2) is 13.1 Å². The zero-order chi connectivity index (χ0) is 15.5. The molecule has 0 saturated heterocycles. The molecule has 1 unspecified atom stereocenters. The summed E-state index contributed by atoms with van der Waals surface area (Å²) in [4.78, 5) is 13.3. The predicted molar refractivity (Wildman–Crippen MR) is 81.7 cm³/mol. The molecule has 0 bridgehead atoms. The first-order valence-electron chi connectivity index (χ1n) is 6.60. The number of carbonyl (C=O) groups excluding carboxylic acids is 1. The molecule has 1 aromatic carbocycles. The molecule has 2 aromatic rings. The zero-order valence-electron chi connectivity index (χ0n) is 12.3. The lowest BCUT2D eigenvalue weighted by Crippen LogP contribution is -2.47. The number of nitrogens with one attached hydrogen (secondary N) is 1. The van der Waals surface area contributed by atoms with Crippen LogP contribution in [0.2, 0.25) is 0 Å². The number of hydrogen-bond acceptors (Lipinski definition) is 4. The molecule has 1 aromatic heterocycles. The minimum Gasteiger partial charge on any atom is -0.467 e. The van der Waals surface area contributed by atoms with Crippen molar-refractivity contribution >= 4 is 17.3 Å². The van der Waals surface area contributed by atoms with E-state index in [9.17, 15) is 9.18 Å². The second-order valence-corrected chi connectivity index (χ2v) is 6.05. The van der Waals surface area contributed by atoms with E-state index in [4.69, 9.17) is 4.74 Å². The Kier molecular flexibility index (Phi) is 4.75. The Hall–Kier alpha value is -1.72. The molecule has 0 saturated carbocycles.